The smallest absolute Gasteiger partial charge is 0.207 e. The van der Waals surface area contributed by atoms with Gasteiger partial charge < -0.3 is 0 Å². The predicted molar refractivity (Wildman–Crippen MR) is 78.1 cm³/mol. The van der Waals surface area contributed by atoms with Crippen LogP contribution >= 0.6 is 22.9 Å². The zero-order valence-electron chi connectivity index (χ0n) is 10.7. The first kappa shape index (κ1) is 13.9. The van der Waals surface area contributed by atoms with E-state index < -0.39 is 10.0 Å². The van der Waals surface area contributed by atoms with Crippen molar-refractivity contribution < 1.29 is 8.42 Å². The number of nitrogens with zero attached hydrogens (tertiary/aromatic N) is 1. The van der Waals surface area contributed by atoms with Gasteiger partial charge >= 0.3 is 0 Å². The van der Waals surface area contributed by atoms with Crippen LogP contribution in [-0.2, 0) is 15.9 Å². The Morgan fingerprint density at radius 3 is 2.84 bits per heavy atom. The SMILES string of the molecule is O=S(=O)(c1csc(CCl)c1)N1CCCC2CCCC21. The number of hydrogen-bond acceptors (Lipinski definition) is 3. The first-order valence-corrected chi connectivity index (χ1v) is 9.63. The monoisotopic (exact) mass is 319 g/mol. The van der Waals surface area contributed by atoms with Crippen molar-refractivity contribution in [3.63, 3.8) is 0 Å². The summed E-state index contributed by atoms with van der Waals surface area (Å²) in [6.07, 6.45) is 5.56. The van der Waals surface area contributed by atoms with E-state index >= 15 is 0 Å². The lowest BCUT2D eigenvalue weighted by molar-refractivity contribution is 0.202. The quantitative estimate of drug-likeness (QED) is 0.800. The Balaban J connectivity index is 1.90. The fraction of sp³-hybridized carbons (Fsp3) is 0.692. The predicted octanol–water partition coefficient (Wildman–Crippen LogP) is 3.44. The number of fused-ring (bicyclic) bond motifs is 1. The molecule has 1 saturated carbocycles. The van der Waals surface area contributed by atoms with Gasteiger partial charge in [0.1, 0.15) is 0 Å². The van der Waals surface area contributed by atoms with Crippen molar-refractivity contribution in [1.29, 1.82) is 0 Å². The van der Waals surface area contributed by atoms with E-state index in [1.165, 1.54) is 24.2 Å². The van der Waals surface area contributed by atoms with Gasteiger partial charge in [0.05, 0.1) is 10.8 Å². The van der Waals surface area contributed by atoms with Gasteiger partial charge in [-0.05, 0) is 37.7 Å². The molecule has 1 aromatic heterocycles. The summed E-state index contributed by atoms with van der Waals surface area (Å²) in [4.78, 5) is 1.35. The van der Waals surface area contributed by atoms with Gasteiger partial charge in [-0.2, -0.15) is 4.31 Å². The second-order valence-electron chi connectivity index (χ2n) is 5.40. The molecule has 0 N–H and O–H groups in total. The van der Waals surface area contributed by atoms with Crippen LogP contribution in [0.5, 0.6) is 0 Å². The first-order chi connectivity index (χ1) is 9.13. The molecule has 0 radical (unpaired) electrons. The first-order valence-electron chi connectivity index (χ1n) is 6.78. The van der Waals surface area contributed by atoms with E-state index in [2.05, 4.69) is 0 Å². The lowest BCUT2D eigenvalue weighted by Crippen LogP contribution is -2.45. The molecule has 2 fully saturated rings. The van der Waals surface area contributed by atoms with E-state index in [4.69, 9.17) is 11.6 Å². The summed E-state index contributed by atoms with van der Waals surface area (Å²) in [5.74, 6) is 0.960. The molecule has 6 heteroatoms. The molecule has 0 aromatic carbocycles. The van der Waals surface area contributed by atoms with Gasteiger partial charge in [-0.25, -0.2) is 8.42 Å². The third-order valence-electron chi connectivity index (χ3n) is 4.31. The molecule has 2 heterocycles. The molecule has 1 aliphatic carbocycles. The summed E-state index contributed by atoms with van der Waals surface area (Å²) >= 11 is 7.20. The van der Waals surface area contributed by atoms with E-state index in [9.17, 15) is 8.42 Å². The highest BCUT2D eigenvalue weighted by molar-refractivity contribution is 7.89. The van der Waals surface area contributed by atoms with Crippen molar-refractivity contribution in [3.8, 4) is 0 Å². The Morgan fingerprint density at radius 2 is 2.11 bits per heavy atom. The molecule has 1 saturated heterocycles. The second-order valence-corrected chi connectivity index (χ2v) is 8.55. The number of piperidine rings is 1. The third-order valence-corrected chi connectivity index (χ3v) is 7.74. The lowest BCUT2D eigenvalue weighted by Gasteiger charge is -2.36. The average Bonchev–Trinajstić information content (AvgIpc) is 3.06. The van der Waals surface area contributed by atoms with Gasteiger partial charge in [-0.15, -0.1) is 22.9 Å². The standard InChI is InChI=1S/C13H18ClNO2S2/c14-8-11-7-12(9-18-11)19(16,17)15-6-2-4-10-3-1-5-13(10)15/h7,9-10,13H,1-6,8H2. The van der Waals surface area contributed by atoms with Gasteiger partial charge in [0.25, 0.3) is 0 Å². The molecule has 2 aliphatic rings. The molecular weight excluding hydrogens is 302 g/mol. The summed E-state index contributed by atoms with van der Waals surface area (Å²) in [5, 5.41) is 1.73. The van der Waals surface area contributed by atoms with Crippen LogP contribution in [0.15, 0.2) is 16.3 Å². The molecule has 0 bridgehead atoms. The molecule has 2 unspecified atom stereocenters. The highest BCUT2D eigenvalue weighted by atomic mass is 35.5. The Kier molecular flexibility index (Phi) is 3.91. The number of thiophene rings is 1. The third kappa shape index (κ3) is 2.46. The van der Waals surface area contributed by atoms with E-state index in [0.29, 0.717) is 23.2 Å². The van der Waals surface area contributed by atoms with E-state index in [-0.39, 0.29) is 6.04 Å². The van der Waals surface area contributed by atoms with Gasteiger partial charge in [-0.1, -0.05) is 6.42 Å². The number of halogens is 1. The normalized spacial score (nSPS) is 28.5. The van der Waals surface area contributed by atoms with Crippen molar-refractivity contribution in [3.05, 3.63) is 16.3 Å². The molecular formula is C13H18ClNO2S2. The summed E-state index contributed by atoms with van der Waals surface area (Å²) in [6.45, 7) is 0.676. The number of alkyl halides is 1. The molecule has 3 nitrogen and oxygen atoms in total. The Morgan fingerprint density at radius 1 is 1.32 bits per heavy atom. The van der Waals surface area contributed by atoms with Crippen LogP contribution in [0.25, 0.3) is 0 Å². The number of rotatable bonds is 3. The van der Waals surface area contributed by atoms with Gasteiger partial charge in [0.2, 0.25) is 10.0 Å². The van der Waals surface area contributed by atoms with Crippen LogP contribution in [0.3, 0.4) is 0 Å². The minimum atomic E-state index is -3.32. The molecule has 2 atom stereocenters. The maximum Gasteiger partial charge on any atom is 0.244 e. The molecule has 19 heavy (non-hydrogen) atoms. The van der Waals surface area contributed by atoms with E-state index in [1.807, 2.05) is 0 Å². The van der Waals surface area contributed by atoms with Crippen LogP contribution in [-0.4, -0.2) is 25.3 Å². The van der Waals surface area contributed by atoms with Gasteiger partial charge in [0.15, 0.2) is 0 Å². The van der Waals surface area contributed by atoms with Crippen LogP contribution in [0.4, 0.5) is 0 Å². The fourth-order valence-corrected chi connectivity index (χ4v) is 6.54. The van der Waals surface area contributed by atoms with Crippen molar-refractivity contribution in [2.45, 2.75) is 48.9 Å². The highest BCUT2D eigenvalue weighted by Crippen LogP contribution is 2.39. The maximum atomic E-state index is 12.7. The zero-order valence-corrected chi connectivity index (χ0v) is 13.1. The number of hydrogen-bond donors (Lipinski definition) is 0. The lowest BCUT2D eigenvalue weighted by atomic mass is 9.94. The molecule has 0 spiro atoms. The van der Waals surface area contributed by atoms with Crippen molar-refractivity contribution in [1.82, 2.24) is 4.31 Å². The molecule has 3 rings (SSSR count). The summed E-state index contributed by atoms with van der Waals surface area (Å²) in [5.41, 5.74) is 0. The molecule has 106 valence electrons. The van der Waals surface area contributed by atoms with E-state index in [1.54, 1.807) is 15.8 Å². The Bertz CT molecular complexity index is 555. The van der Waals surface area contributed by atoms with Crippen LogP contribution in [0, 0.1) is 5.92 Å². The summed E-state index contributed by atoms with van der Waals surface area (Å²) in [7, 11) is -3.32. The second kappa shape index (κ2) is 5.35. The van der Waals surface area contributed by atoms with Crippen molar-refractivity contribution in [2.75, 3.05) is 6.54 Å². The molecule has 1 aliphatic heterocycles. The minimum absolute atomic E-state index is 0.234. The fourth-order valence-electron chi connectivity index (χ4n) is 3.41. The minimum Gasteiger partial charge on any atom is -0.207 e. The largest absolute Gasteiger partial charge is 0.244 e. The average molecular weight is 320 g/mol. The maximum absolute atomic E-state index is 12.7. The van der Waals surface area contributed by atoms with Crippen LogP contribution in [0.1, 0.15) is 37.0 Å². The van der Waals surface area contributed by atoms with Crippen molar-refractivity contribution >= 4 is 33.0 Å². The van der Waals surface area contributed by atoms with Crippen molar-refractivity contribution in [2.24, 2.45) is 5.92 Å². The summed E-state index contributed by atoms with van der Waals surface area (Å²) < 4.78 is 27.3. The number of sulfonamides is 1. The van der Waals surface area contributed by atoms with Crippen LogP contribution in [0.2, 0.25) is 0 Å². The molecule has 1 aromatic rings. The van der Waals surface area contributed by atoms with Gasteiger partial charge in [-0.3, -0.25) is 0 Å². The van der Waals surface area contributed by atoms with Crippen LogP contribution < -0.4 is 0 Å². The van der Waals surface area contributed by atoms with Gasteiger partial charge in [0, 0.05) is 22.8 Å². The Hall–Kier alpha value is -0.100. The van der Waals surface area contributed by atoms with E-state index in [0.717, 1.165) is 24.1 Å². The summed E-state index contributed by atoms with van der Waals surface area (Å²) in [6, 6.07) is 1.96. The Labute approximate surface area is 123 Å². The highest BCUT2D eigenvalue weighted by Gasteiger charge is 2.41. The topological polar surface area (TPSA) is 37.4 Å². The zero-order chi connectivity index (χ0) is 13.5. The molecule has 0 amide bonds.